The Labute approximate surface area is 92.0 Å². The highest BCUT2D eigenvalue weighted by Gasteiger charge is 2.11. The van der Waals surface area contributed by atoms with Crippen molar-refractivity contribution in [3.05, 3.63) is 34.8 Å². The monoisotopic (exact) mass is 226 g/mol. The second-order valence-corrected chi connectivity index (χ2v) is 4.71. The lowest BCUT2D eigenvalue weighted by atomic mass is 10.2. The highest BCUT2D eigenvalue weighted by Crippen LogP contribution is 2.13. The van der Waals surface area contributed by atoms with Crippen LogP contribution in [0.5, 0.6) is 0 Å². The van der Waals surface area contributed by atoms with Gasteiger partial charge in [-0.2, -0.15) is 0 Å². The number of rotatable bonds is 3. The van der Waals surface area contributed by atoms with E-state index in [1.54, 1.807) is 12.2 Å². The van der Waals surface area contributed by atoms with E-state index in [1.165, 1.54) is 12.7 Å². The fourth-order valence-electron chi connectivity index (χ4n) is 1.11. The summed E-state index contributed by atoms with van der Waals surface area (Å²) in [6.07, 6.45) is 8.31. The van der Waals surface area contributed by atoms with Crippen molar-refractivity contribution in [2.75, 3.05) is 12.9 Å². The molecule has 1 unspecified atom stereocenters. The summed E-state index contributed by atoms with van der Waals surface area (Å²) in [6, 6.07) is 0. The zero-order chi connectivity index (χ0) is 11.3. The Morgan fingerprint density at radius 3 is 2.93 bits per heavy atom. The molecule has 0 radical (unpaired) electrons. The van der Waals surface area contributed by atoms with Crippen molar-refractivity contribution in [1.29, 1.82) is 0 Å². The Bertz CT molecular complexity index is 364. The maximum atomic E-state index is 11.7. The van der Waals surface area contributed by atoms with Gasteiger partial charge in [0.15, 0.2) is 0 Å². The minimum atomic E-state index is -1.31. The Balaban J connectivity index is 2.71. The molecule has 1 atom stereocenters. The van der Waals surface area contributed by atoms with Crippen LogP contribution in [0.25, 0.3) is 0 Å². The molecule has 1 aliphatic carbocycles. The van der Waals surface area contributed by atoms with Gasteiger partial charge in [0.2, 0.25) is 0 Å². The SMILES string of the molecule is COC(=O)CS(=O)C1=CC=C(C)CC=C1. The van der Waals surface area contributed by atoms with Gasteiger partial charge < -0.3 is 4.74 Å². The molecule has 0 bridgehead atoms. The average Bonchev–Trinajstić information content (AvgIpc) is 2.42. The van der Waals surface area contributed by atoms with Crippen LogP contribution in [-0.2, 0) is 20.3 Å². The van der Waals surface area contributed by atoms with Gasteiger partial charge in [-0.25, -0.2) is 0 Å². The minimum Gasteiger partial charge on any atom is -0.468 e. The van der Waals surface area contributed by atoms with Crippen LogP contribution in [0.1, 0.15) is 13.3 Å². The number of esters is 1. The van der Waals surface area contributed by atoms with Crippen molar-refractivity contribution >= 4 is 16.8 Å². The normalized spacial score (nSPS) is 17.5. The number of ether oxygens (including phenoxy) is 1. The fourth-order valence-corrected chi connectivity index (χ4v) is 2.08. The van der Waals surface area contributed by atoms with Gasteiger partial charge in [-0.15, -0.1) is 0 Å². The van der Waals surface area contributed by atoms with Crippen LogP contribution in [0.3, 0.4) is 0 Å². The lowest BCUT2D eigenvalue weighted by Crippen LogP contribution is -2.12. The lowest BCUT2D eigenvalue weighted by molar-refractivity contribution is -0.137. The van der Waals surface area contributed by atoms with E-state index in [4.69, 9.17) is 0 Å². The summed E-state index contributed by atoms with van der Waals surface area (Å²) in [6.45, 7) is 2.01. The van der Waals surface area contributed by atoms with Crippen LogP contribution in [0.4, 0.5) is 0 Å². The standard InChI is InChI=1S/C11H14O3S/c1-9-4-3-5-10(7-6-9)15(13)8-11(12)14-2/h3,5-7H,4,8H2,1-2H3. The molecule has 0 heterocycles. The highest BCUT2D eigenvalue weighted by atomic mass is 32.2. The smallest absolute Gasteiger partial charge is 0.318 e. The number of carbonyl (C=O) groups is 1. The summed E-state index contributed by atoms with van der Waals surface area (Å²) in [4.78, 5) is 11.6. The molecule has 82 valence electrons. The van der Waals surface area contributed by atoms with Gasteiger partial charge in [-0.3, -0.25) is 9.00 Å². The molecule has 1 rings (SSSR count). The summed E-state index contributed by atoms with van der Waals surface area (Å²) in [5.74, 6) is -0.535. The van der Waals surface area contributed by atoms with Crippen molar-refractivity contribution in [2.24, 2.45) is 0 Å². The van der Waals surface area contributed by atoms with Crippen molar-refractivity contribution in [2.45, 2.75) is 13.3 Å². The van der Waals surface area contributed by atoms with Crippen molar-refractivity contribution in [3.8, 4) is 0 Å². The Morgan fingerprint density at radius 1 is 1.53 bits per heavy atom. The Morgan fingerprint density at radius 2 is 2.27 bits per heavy atom. The number of allylic oxidation sites excluding steroid dienone is 5. The largest absolute Gasteiger partial charge is 0.468 e. The first-order chi connectivity index (χ1) is 7.13. The van der Waals surface area contributed by atoms with Crippen LogP contribution in [-0.4, -0.2) is 23.0 Å². The number of methoxy groups -OCH3 is 1. The maximum Gasteiger partial charge on any atom is 0.318 e. The number of hydrogen-bond acceptors (Lipinski definition) is 3. The van der Waals surface area contributed by atoms with Gasteiger partial charge in [0, 0.05) is 4.91 Å². The highest BCUT2D eigenvalue weighted by molar-refractivity contribution is 7.89. The molecule has 0 fully saturated rings. The van der Waals surface area contributed by atoms with Crippen LogP contribution in [0.15, 0.2) is 34.8 Å². The van der Waals surface area contributed by atoms with Gasteiger partial charge in [-0.05, 0) is 25.5 Å². The zero-order valence-corrected chi connectivity index (χ0v) is 9.67. The molecule has 0 saturated carbocycles. The van der Waals surface area contributed by atoms with E-state index in [-0.39, 0.29) is 5.75 Å². The quantitative estimate of drug-likeness (QED) is 0.688. The van der Waals surface area contributed by atoms with E-state index < -0.39 is 16.8 Å². The molecule has 0 aromatic heterocycles. The molecule has 0 aliphatic heterocycles. The van der Waals surface area contributed by atoms with E-state index in [9.17, 15) is 9.00 Å². The van der Waals surface area contributed by atoms with E-state index in [0.29, 0.717) is 4.91 Å². The molecule has 0 N–H and O–H groups in total. The molecule has 0 spiro atoms. The molecule has 4 heteroatoms. The first kappa shape index (κ1) is 11.9. The fraction of sp³-hybridized carbons (Fsp3) is 0.364. The summed E-state index contributed by atoms with van der Waals surface area (Å²) in [5, 5.41) is 0. The first-order valence-corrected chi connectivity index (χ1v) is 5.94. The van der Waals surface area contributed by atoms with Crippen molar-refractivity contribution in [1.82, 2.24) is 0 Å². The molecule has 3 nitrogen and oxygen atoms in total. The predicted octanol–water partition coefficient (Wildman–Crippen LogP) is 1.70. The Kier molecular flexibility index (Phi) is 4.49. The van der Waals surface area contributed by atoms with E-state index >= 15 is 0 Å². The molecule has 0 amide bonds. The molecule has 15 heavy (non-hydrogen) atoms. The van der Waals surface area contributed by atoms with Crippen LogP contribution < -0.4 is 0 Å². The van der Waals surface area contributed by atoms with Crippen LogP contribution >= 0.6 is 0 Å². The average molecular weight is 226 g/mol. The molecular formula is C11H14O3S. The summed E-state index contributed by atoms with van der Waals surface area (Å²) in [7, 11) is -0.0147. The third-order valence-electron chi connectivity index (χ3n) is 1.99. The molecule has 0 aromatic rings. The predicted molar refractivity (Wildman–Crippen MR) is 60.6 cm³/mol. The van der Waals surface area contributed by atoms with Gasteiger partial charge >= 0.3 is 5.97 Å². The molecule has 1 aliphatic rings. The van der Waals surface area contributed by atoms with Gasteiger partial charge in [0.05, 0.1) is 17.9 Å². The first-order valence-electron chi connectivity index (χ1n) is 4.62. The lowest BCUT2D eigenvalue weighted by Gasteiger charge is -2.00. The summed E-state index contributed by atoms with van der Waals surface area (Å²) >= 11 is 0. The molecule has 0 aromatic carbocycles. The van der Waals surface area contributed by atoms with E-state index in [2.05, 4.69) is 4.74 Å². The summed E-state index contributed by atoms with van der Waals surface area (Å²) in [5.41, 5.74) is 1.20. The van der Waals surface area contributed by atoms with Gasteiger partial charge in [0.25, 0.3) is 0 Å². The van der Waals surface area contributed by atoms with Crippen molar-refractivity contribution < 1.29 is 13.7 Å². The van der Waals surface area contributed by atoms with Gasteiger partial charge in [-0.1, -0.05) is 17.7 Å². The van der Waals surface area contributed by atoms with E-state index in [0.717, 1.165) is 6.42 Å². The van der Waals surface area contributed by atoms with Gasteiger partial charge in [0.1, 0.15) is 5.75 Å². The Hall–Kier alpha value is -1.16. The number of carbonyl (C=O) groups excluding carboxylic acids is 1. The third kappa shape index (κ3) is 3.83. The van der Waals surface area contributed by atoms with Crippen molar-refractivity contribution in [3.63, 3.8) is 0 Å². The summed E-state index contributed by atoms with van der Waals surface area (Å²) < 4.78 is 16.2. The molecular weight excluding hydrogens is 212 g/mol. The topological polar surface area (TPSA) is 43.4 Å². The second-order valence-electron chi connectivity index (χ2n) is 3.25. The zero-order valence-electron chi connectivity index (χ0n) is 8.86. The maximum absolute atomic E-state index is 11.7. The van der Waals surface area contributed by atoms with Crippen LogP contribution in [0, 0.1) is 0 Å². The van der Waals surface area contributed by atoms with Crippen LogP contribution in [0.2, 0.25) is 0 Å². The number of hydrogen-bond donors (Lipinski definition) is 0. The van der Waals surface area contributed by atoms with E-state index in [1.807, 2.05) is 19.1 Å². The third-order valence-corrected chi connectivity index (χ3v) is 3.29. The minimum absolute atomic E-state index is 0.0838. The molecule has 0 saturated heterocycles. The second kappa shape index (κ2) is 5.66.